The average molecular weight is 200 g/mol. The Morgan fingerprint density at radius 2 is 1.71 bits per heavy atom. The van der Waals surface area contributed by atoms with Gasteiger partial charge in [0.1, 0.15) is 0 Å². The summed E-state index contributed by atoms with van der Waals surface area (Å²) in [6.07, 6.45) is 0. The number of carbonyl (C=O) groups is 2. The molecular weight excluding hydrogens is 180 g/mol. The summed E-state index contributed by atoms with van der Waals surface area (Å²) in [4.78, 5) is 24.1. The van der Waals surface area contributed by atoms with E-state index in [0.717, 1.165) is 0 Å². The molecule has 0 saturated carbocycles. The van der Waals surface area contributed by atoms with Crippen molar-refractivity contribution in [1.82, 2.24) is 4.90 Å². The van der Waals surface area contributed by atoms with Gasteiger partial charge in [-0.1, -0.05) is 20.8 Å². The van der Waals surface area contributed by atoms with Crippen LogP contribution in [0.2, 0.25) is 0 Å². The topological polar surface area (TPSA) is 63.4 Å². The van der Waals surface area contributed by atoms with Gasteiger partial charge in [0.05, 0.1) is 6.54 Å². The second-order valence-electron chi connectivity index (χ2n) is 4.74. The highest BCUT2D eigenvalue weighted by Gasteiger charge is 2.29. The van der Waals surface area contributed by atoms with Gasteiger partial charge in [0.25, 0.3) is 0 Å². The van der Waals surface area contributed by atoms with E-state index in [1.54, 1.807) is 0 Å². The molecule has 0 heterocycles. The van der Waals surface area contributed by atoms with Crippen molar-refractivity contribution in [2.24, 2.45) is 11.1 Å². The summed E-state index contributed by atoms with van der Waals surface area (Å²) in [7, 11) is 0. The Labute approximate surface area is 85.4 Å². The van der Waals surface area contributed by atoms with E-state index < -0.39 is 11.3 Å². The van der Waals surface area contributed by atoms with Crippen LogP contribution in [-0.2, 0) is 9.59 Å². The van der Waals surface area contributed by atoms with Crippen LogP contribution in [0.25, 0.3) is 0 Å². The molecule has 0 aliphatic rings. The number of amides is 2. The maximum atomic E-state index is 11.9. The van der Waals surface area contributed by atoms with E-state index in [4.69, 9.17) is 5.73 Å². The first-order valence-corrected chi connectivity index (χ1v) is 4.75. The zero-order valence-corrected chi connectivity index (χ0v) is 9.63. The number of nitrogens with two attached hydrogens (primary N) is 1. The van der Waals surface area contributed by atoms with Crippen LogP contribution in [0, 0.1) is 5.41 Å². The number of hydrogen-bond donors (Lipinski definition) is 1. The summed E-state index contributed by atoms with van der Waals surface area (Å²) in [5.41, 5.74) is 4.61. The number of rotatable bonds is 3. The second-order valence-corrected chi connectivity index (χ2v) is 4.74. The summed E-state index contributed by atoms with van der Waals surface area (Å²) < 4.78 is 0. The predicted octanol–water partition coefficient (Wildman–Crippen LogP) is 0.755. The highest BCUT2D eigenvalue weighted by Crippen LogP contribution is 2.18. The third kappa shape index (κ3) is 3.77. The molecule has 0 aliphatic heterocycles. The lowest BCUT2D eigenvalue weighted by Crippen LogP contribution is -2.47. The van der Waals surface area contributed by atoms with Crippen molar-refractivity contribution >= 4 is 11.8 Å². The van der Waals surface area contributed by atoms with E-state index in [1.165, 1.54) is 4.90 Å². The van der Waals surface area contributed by atoms with Crippen LogP contribution < -0.4 is 5.73 Å². The molecule has 0 radical (unpaired) electrons. The molecule has 0 saturated heterocycles. The molecule has 2 amide bonds. The fraction of sp³-hybridized carbons (Fsp3) is 0.800. The standard InChI is InChI=1S/C10H20N2O2/c1-7(2)12(6-8(11)13)9(14)10(3,4)5/h7H,6H2,1-5H3,(H2,11,13). The van der Waals surface area contributed by atoms with Crippen molar-refractivity contribution in [2.45, 2.75) is 40.7 Å². The number of hydrogen-bond acceptors (Lipinski definition) is 2. The Balaban J connectivity index is 4.67. The lowest BCUT2D eigenvalue weighted by molar-refractivity contribution is -0.144. The SMILES string of the molecule is CC(C)N(CC(N)=O)C(=O)C(C)(C)C. The molecule has 14 heavy (non-hydrogen) atoms. The summed E-state index contributed by atoms with van der Waals surface area (Å²) in [5, 5.41) is 0. The molecule has 0 atom stereocenters. The van der Waals surface area contributed by atoms with Gasteiger partial charge in [0.2, 0.25) is 11.8 Å². The van der Waals surface area contributed by atoms with Crippen LogP contribution in [0.3, 0.4) is 0 Å². The van der Waals surface area contributed by atoms with Gasteiger partial charge in [-0.15, -0.1) is 0 Å². The Hall–Kier alpha value is -1.06. The van der Waals surface area contributed by atoms with Gasteiger partial charge in [0, 0.05) is 11.5 Å². The molecule has 2 N–H and O–H groups in total. The molecular formula is C10H20N2O2. The van der Waals surface area contributed by atoms with E-state index >= 15 is 0 Å². The van der Waals surface area contributed by atoms with Crippen molar-refractivity contribution in [3.8, 4) is 0 Å². The lowest BCUT2D eigenvalue weighted by atomic mass is 9.94. The molecule has 4 nitrogen and oxygen atoms in total. The van der Waals surface area contributed by atoms with E-state index in [2.05, 4.69) is 0 Å². The molecule has 0 fully saturated rings. The van der Waals surface area contributed by atoms with Crippen LogP contribution in [0.1, 0.15) is 34.6 Å². The minimum Gasteiger partial charge on any atom is -0.368 e. The van der Waals surface area contributed by atoms with E-state index in [1.807, 2.05) is 34.6 Å². The minimum atomic E-state index is -0.476. The van der Waals surface area contributed by atoms with Crippen LogP contribution in [0.5, 0.6) is 0 Å². The first-order valence-electron chi connectivity index (χ1n) is 4.75. The third-order valence-electron chi connectivity index (χ3n) is 1.85. The average Bonchev–Trinajstić information content (AvgIpc) is 1.96. The quantitative estimate of drug-likeness (QED) is 0.730. The van der Waals surface area contributed by atoms with Crippen molar-refractivity contribution < 1.29 is 9.59 Å². The van der Waals surface area contributed by atoms with Gasteiger partial charge < -0.3 is 10.6 Å². The molecule has 0 bridgehead atoms. The number of primary amides is 1. The Morgan fingerprint density at radius 1 is 1.29 bits per heavy atom. The lowest BCUT2D eigenvalue weighted by Gasteiger charge is -2.31. The molecule has 82 valence electrons. The van der Waals surface area contributed by atoms with Gasteiger partial charge in [0.15, 0.2) is 0 Å². The fourth-order valence-electron chi connectivity index (χ4n) is 1.09. The summed E-state index contributed by atoms with van der Waals surface area (Å²) in [6, 6.07) is -0.00535. The van der Waals surface area contributed by atoms with Crippen LogP contribution in [0.15, 0.2) is 0 Å². The van der Waals surface area contributed by atoms with Gasteiger partial charge in [-0.05, 0) is 13.8 Å². The van der Waals surface area contributed by atoms with Gasteiger partial charge >= 0.3 is 0 Å². The monoisotopic (exact) mass is 200 g/mol. The predicted molar refractivity (Wildman–Crippen MR) is 55.5 cm³/mol. The fourth-order valence-corrected chi connectivity index (χ4v) is 1.09. The van der Waals surface area contributed by atoms with E-state index in [9.17, 15) is 9.59 Å². The Kier molecular flexibility index (Phi) is 4.10. The molecule has 0 aromatic heterocycles. The van der Waals surface area contributed by atoms with Gasteiger partial charge in [-0.2, -0.15) is 0 Å². The molecule has 0 unspecified atom stereocenters. The first kappa shape index (κ1) is 12.9. The third-order valence-corrected chi connectivity index (χ3v) is 1.85. The summed E-state index contributed by atoms with van der Waals surface area (Å²) in [6.45, 7) is 9.20. The van der Waals surface area contributed by atoms with Crippen molar-refractivity contribution in [3.05, 3.63) is 0 Å². The van der Waals surface area contributed by atoms with Gasteiger partial charge in [-0.3, -0.25) is 9.59 Å². The highest BCUT2D eigenvalue weighted by molar-refractivity contribution is 5.86. The largest absolute Gasteiger partial charge is 0.368 e. The summed E-state index contributed by atoms with van der Waals surface area (Å²) >= 11 is 0. The van der Waals surface area contributed by atoms with Crippen LogP contribution in [0.4, 0.5) is 0 Å². The molecule has 0 spiro atoms. The van der Waals surface area contributed by atoms with Crippen LogP contribution in [-0.4, -0.2) is 29.3 Å². The minimum absolute atomic E-state index is 0.00535. The van der Waals surface area contributed by atoms with Gasteiger partial charge in [-0.25, -0.2) is 0 Å². The molecule has 4 heteroatoms. The van der Waals surface area contributed by atoms with Crippen molar-refractivity contribution in [3.63, 3.8) is 0 Å². The number of nitrogens with zero attached hydrogens (tertiary/aromatic N) is 1. The smallest absolute Gasteiger partial charge is 0.237 e. The van der Waals surface area contributed by atoms with Crippen molar-refractivity contribution in [1.29, 1.82) is 0 Å². The Morgan fingerprint density at radius 3 is 1.93 bits per heavy atom. The first-order chi connectivity index (χ1) is 6.16. The molecule has 0 rings (SSSR count). The number of carbonyl (C=O) groups excluding carboxylic acids is 2. The van der Waals surface area contributed by atoms with Crippen LogP contribution >= 0.6 is 0 Å². The zero-order chi connectivity index (χ0) is 11.5. The Bertz CT molecular complexity index is 229. The zero-order valence-electron chi connectivity index (χ0n) is 9.63. The van der Waals surface area contributed by atoms with Crippen molar-refractivity contribution in [2.75, 3.05) is 6.54 Å². The summed E-state index contributed by atoms with van der Waals surface area (Å²) in [5.74, 6) is -0.525. The maximum Gasteiger partial charge on any atom is 0.237 e. The molecule has 0 aromatic carbocycles. The highest BCUT2D eigenvalue weighted by atomic mass is 16.2. The van der Waals surface area contributed by atoms with E-state index in [0.29, 0.717) is 0 Å². The normalized spacial score (nSPS) is 11.6. The maximum absolute atomic E-state index is 11.9. The van der Waals surface area contributed by atoms with E-state index in [-0.39, 0.29) is 18.5 Å². The molecule has 0 aliphatic carbocycles. The molecule has 0 aromatic rings. The second kappa shape index (κ2) is 4.44.